The van der Waals surface area contributed by atoms with Crippen molar-refractivity contribution in [1.29, 1.82) is 0 Å². The minimum Gasteiger partial charge on any atom is -0.483 e. The molecule has 1 saturated heterocycles. The fraction of sp³-hybridized carbons (Fsp3) is 0.550. The molecule has 4 heteroatoms. The lowest BCUT2D eigenvalue weighted by Crippen LogP contribution is -2.38. The van der Waals surface area contributed by atoms with E-state index in [-0.39, 0.29) is 12.5 Å². The molecule has 130 valence electrons. The SMILES string of the molecule is CCC#CCN1CCCN(C(=O)COc2cccc(C)c2C)CC1. The van der Waals surface area contributed by atoms with Crippen molar-refractivity contribution in [3.63, 3.8) is 0 Å². The second-order valence-corrected chi connectivity index (χ2v) is 6.20. The Morgan fingerprint density at radius 1 is 1.17 bits per heavy atom. The monoisotopic (exact) mass is 328 g/mol. The molecule has 0 atom stereocenters. The van der Waals surface area contributed by atoms with Gasteiger partial charge in [0.2, 0.25) is 0 Å². The minimum atomic E-state index is 0.0670. The summed E-state index contributed by atoms with van der Waals surface area (Å²) in [4.78, 5) is 16.7. The van der Waals surface area contributed by atoms with Crippen LogP contribution in [0.3, 0.4) is 0 Å². The number of benzene rings is 1. The molecule has 1 amide bonds. The van der Waals surface area contributed by atoms with Crippen molar-refractivity contribution in [2.45, 2.75) is 33.6 Å². The predicted molar refractivity (Wildman–Crippen MR) is 97.1 cm³/mol. The summed E-state index contributed by atoms with van der Waals surface area (Å²) < 4.78 is 5.75. The van der Waals surface area contributed by atoms with E-state index in [1.54, 1.807) is 0 Å². The zero-order chi connectivity index (χ0) is 17.4. The van der Waals surface area contributed by atoms with Crippen LogP contribution in [-0.2, 0) is 4.79 Å². The van der Waals surface area contributed by atoms with E-state index in [1.807, 2.05) is 24.0 Å². The van der Waals surface area contributed by atoms with Gasteiger partial charge in [-0.05, 0) is 37.5 Å². The predicted octanol–water partition coefficient (Wildman–Crippen LogP) is 2.63. The third kappa shape index (κ3) is 5.28. The number of hydrogen-bond donors (Lipinski definition) is 0. The Hall–Kier alpha value is -1.99. The van der Waals surface area contributed by atoms with E-state index in [0.29, 0.717) is 0 Å². The second-order valence-electron chi connectivity index (χ2n) is 6.20. The minimum absolute atomic E-state index is 0.0670. The van der Waals surface area contributed by atoms with Crippen molar-refractivity contribution in [2.75, 3.05) is 39.3 Å². The number of rotatable bonds is 4. The fourth-order valence-corrected chi connectivity index (χ4v) is 2.78. The van der Waals surface area contributed by atoms with Gasteiger partial charge >= 0.3 is 0 Å². The van der Waals surface area contributed by atoms with Crippen molar-refractivity contribution in [3.05, 3.63) is 29.3 Å². The Labute approximate surface area is 145 Å². The van der Waals surface area contributed by atoms with Gasteiger partial charge < -0.3 is 9.64 Å². The molecule has 0 N–H and O–H groups in total. The van der Waals surface area contributed by atoms with Crippen molar-refractivity contribution >= 4 is 5.91 Å². The van der Waals surface area contributed by atoms with Gasteiger partial charge in [-0.2, -0.15) is 0 Å². The summed E-state index contributed by atoms with van der Waals surface area (Å²) in [6.45, 7) is 10.5. The smallest absolute Gasteiger partial charge is 0.260 e. The molecule has 0 unspecified atom stereocenters. The van der Waals surface area contributed by atoms with Crippen molar-refractivity contribution in [2.24, 2.45) is 0 Å². The average Bonchev–Trinajstić information content (AvgIpc) is 2.82. The molecular weight excluding hydrogens is 300 g/mol. The highest BCUT2D eigenvalue weighted by atomic mass is 16.5. The van der Waals surface area contributed by atoms with Crippen LogP contribution < -0.4 is 4.74 Å². The van der Waals surface area contributed by atoms with Gasteiger partial charge in [-0.25, -0.2) is 0 Å². The highest BCUT2D eigenvalue weighted by Gasteiger charge is 2.19. The molecule has 0 spiro atoms. The lowest BCUT2D eigenvalue weighted by molar-refractivity contribution is -0.133. The molecule has 0 radical (unpaired) electrons. The topological polar surface area (TPSA) is 32.8 Å². The summed E-state index contributed by atoms with van der Waals surface area (Å²) in [7, 11) is 0. The van der Waals surface area contributed by atoms with Crippen molar-refractivity contribution < 1.29 is 9.53 Å². The maximum Gasteiger partial charge on any atom is 0.260 e. The summed E-state index contributed by atoms with van der Waals surface area (Å²) in [6, 6.07) is 5.93. The molecule has 1 aromatic rings. The first kappa shape index (κ1) is 18.4. The van der Waals surface area contributed by atoms with Crippen molar-refractivity contribution in [1.82, 2.24) is 9.80 Å². The number of hydrogen-bond acceptors (Lipinski definition) is 3. The van der Waals surface area contributed by atoms with Crippen LogP contribution in [-0.4, -0.2) is 55.0 Å². The van der Waals surface area contributed by atoms with Crippen LogP contribution in [0.5, 0.6) is 5.75 Å². The van der Waals surface area contributed by atoms with Crippen LogP contribution >= 0.6 is 0 Å². The third-order valence-electron chi connectivity index (χ3n) is 4.45. The van der Waals surface area contributed by atoms with Crippen LogP contribution in [0.2, 0.25) is 0 Å². The molecular formula is C20H28N2O2. The second kappa shape index (κ2) is 9.34. The first-order chi connectivity index (χ1) is 11.6. The highest BCUT2D eigenvalue weighted by Crippen LogP contribution is 2.20. The van der Waals surface area contributed by atoms with Crippen LogP contribution in [0.4, 0.5) is 0 Å². The van der Waals surface area contributed by atoms with Crippen molar-refractivity contribution in [3.8, 4) is 17.6 Å². The van der Waals surface area contributed by atoms with Gasteiger partial charge in [-0.1, -0.05) is 25.0 Å². The molecule has 4 nitrogen and oxygen atoms in total. The van der Waals surface area contributed by atoms with Gasteiger partial charge in [0.05, 0.1) is 6.54 Å². The van der Waals surface area contributed by atoms with Crippen LogP contribution in [0.15, 0.2) is 18.2 Å². The Morgan fingerprint density at radius 3 is 2.79 bits per heavy atom. The Morgan fingerprint density at radius 2 is 2.00 bits per heavy atom. The number of aryl methyl sites for hydroxylation is 1. The fourth-order valence-electron chi connectivity index (χ4n) is 2.78. The van der Waals surface area contributed by atoms with Gasteiger partial charge in [0.1, 0.15) is 5.75 Å². The molecule has 0 aliphatic carbocycles. The first-order valence-electron chi connectivity index (χ1n) is 8.76. The highest BCUT2D eigenvalue weighted by molar-refractivity contribution is 5.77. The molecule has 1 aliphatic heterocycles. The van der Waals surface area contributed by atoms with E-state index in [2.05, 4.69) is 36.7 Å². The summed E-state index contributed by atoms with van der Waals surface area (Å²) in [5, 5.41) is 0. The molecule has 0 saturated carbocycles. The maximum absolute atomic E-state index is 12.4. The molecule has 1 fully saturated rings. The van der Waals surface area contributed by atoms with E-state index >= 15 is 0 Å². The molecule has 1 heterocycles. The molecule has 1 aromatic carbocycles. The van der Waals surface area contributed by atoms with Gasteiger partial charge in [0.25, 0.3) is 5.91 Å². The van der Waals surface area contributed by atoms with E-state index in [1.165, 1.54) is 5.56 Å². The summed E-state index contributed by atoms with van der Waals surface area (Å²) in [5.41, 5.74) is 2.28. The van der Waals surface area contributed by atoms with Crippen LogP contribution in [0.1, 0.15) is 30.9 Å². The van der Waals surface area contributed by atoms with Gasteiger partial charge in [-0.3, -0.25) is 9.69 Å². The number of ether oxygens (including phenoxy) is 1. The van der Waals surface area contributed by atoms with Gasteiger partial charge in [0.15, 0.2) is 6.61 Å². The normalized spacial score (nSPS) is 15.4. The summed E-state index contributed by atoms with van der Waals surface area (Å²) in [6.07, 6.45) is 1.89. The largest absolute Gasteiger partial charge is 0.483 e. The van der Waals surface area contributed by atoms with E-state index in [9.17, 15) is 4.79 Å². The zero-order valence-corrected chi connectivity index (χ0v) is 15.1. The van der Waals surface area contributed by atoms with E-state index in [4.69, 9.17) is 4.74 Å². The summed E-state index contributed by atoms with van der Waals surface area (Å²) >= 11 is 0. The number of amides is 1. The Balaban J connectivity index is 1.83. The Bertz CT molecular complexity index is 616. The molecule has 0 aromatic heterocycles. The van der Waals surface area contributed by atoms with E-state index < -0.39 is 0 Å². The standard InChI is InChI=1S/C20H28N2O2/c1-4-5-6-11-21-12-8-13-22(15-14-21)20(23)16-24-19-10-7-9-17(2)18(19)3/h7,9-10H,4,8,11-16H2,1-3H3. The lowest BCUT2D eigenvalue weighted by atomic mass is 10.1. The molecule has 24 heavy (non-hydrogen) atoms. The van der Waals surface area contributed by atoms with Crippen LogP contribution in [0, 0.1) is 25.7 Å². The maximum atomic E-state index is 12.4. The zero-order valence-electron chi connectivity index (χ0n) is 15.1. The molecule has 2 rings (SSSR count). The summed E-state index contributed by atoms with van der Waals surface area (Å²) in [5.74, 6) is 7.16. The quantitative estimate of drug-likeness (QED) is 0.797. The van der Waals surface area contributed by atoms with Gasteiger partial charge in [-0.15, -0.1) is 5.92 Å². The third-order valence-corrected chi connectivity index (χ3v) is 4.45. The molecule has 1 aliphatic rings. The van der Waals surface area contributed by atoms with Gasteiger partial charge in [0, 0.05) is 32.6 Å². The number of carbonyl (C=O) groups excluding carboxylic acids is 1. The average molecular weight is 328 g/mol. The first-order valence-corrected chi connectivity index (χ1v) is 8.76. The Kier molecular flexibility index (Phi) is 7.14. The number of carbonyl (C=O) groups is 1. The van der Waals surface area contributed by atoms with E-state index in [0.717, 1.165) is 56.9 Å². The number of nitrogens with zero attached hydrogens (tertiary/aromatic N) is 2. The molecule has 0 bridgehead atoms. The lowest BCUT2D eigenvalue weighted by Gasteiger charge is -2.21. The van der Waals surface area contributed by atoms with Crippen LogP contribution in [0.25, 0.3) is 0 Å².